The number of fused-ring (bicyclic) bond motifs is 2. The van der Waals surface area contributed by atoms with Crippen LogP contribution in [0.4, 0.5) is 17.1 Å². The third kappa shape index (κ3) is 7.43. The van der Waals surface area contributed by atoms with Crippen LogP contribution < -0.4 is 20.3 Å². The number of phenols is 1. The number of methoxy groups -OCH3 is 1. The van der Waals surface area contributed by atoms with Crippen molar-refractivity contribution in [2.45, 2.75) is 17.7 Å². The minimum atomic E-state index is -0.564. The lowest BCUT2D eigenvalue weighted by Crippen LogP contribution is -2.30. The van der Waals surface area contributed by atoms with Gasteiger partial charge in [0.1, 0.15) is 17.2 Å². The molecule has 0 unspecified atom stereocenters. The van der Waals surface area contributed by atoms with Gasteiger partial charge in [0.25, 0.3) is 11.8 Å². The summed E-state index contributed by atoms with van der Waals surface area (Å²) in [6, 6.07) is 36.3. The molecule has 0 atom stereocenters. The van der Waals surface area contributed by atoms with E-state index < -0.39 is 11.8 Å². The van der Waals surface area contributed by atoms with Gasteiger partial charge in [-0.15, -0.1) is 11.8 Å². The first-order chi connectivity index (χ1) is 23.4. The molecule has 3 amide bonds. The molecule has 9 heteroatoms. The maximum atomic E-state index is 13.8. The number of carbonyl (C=O) groups is 3. The lowest BCUT2D eigenvalue weighted by molar-refractivity contribution is -0.115. The van der Waals surface area contributed by atoms with E-state index in [1.54, 1.807) is 54.6 Å². The van der Waals surface area contributed by atoms with Gasteiger partial charge < -0.3 is 20.5 Å². The van der Waals surface area contributed by atoms with Crippen molar-refractivity contribution >= 4 is 52.6 Å². The second-order valence-electron chi connectivity index (χ2n) is 11.1. The summed E-state index contributed by atoms with van der Waals surface area (Å²) < 4.78 is 5.38. The molecule has 1 aliphatic heterocycles. The molecule has 240 valence electrons. The summed E-state index contributed by atoms with van der Waals surface area (Å²) in [4.78, 5) is 43.2. The van der Waals surface area contributed by atoms with Crippen LogP contribution in [0.5, 0.6) is 11.5 Å². The van der Waals surface area contributed by atoms with Gasteiger partial charge in [-0.25, -0.2) is 0 Å². The van der Waals surface area contributed by atoms with Crippen LogP contribution in [0.1, 0.15) is 27.0 Å². The number of ether oxygens (including phenoxy) is 1. The number of aromatic hydroxyl groups is 1. The molecule has 3 N–H and O–H groups in total. The zero-order chi connectivity index (χ0) is 33.5. The Morgan fingerprint density at radius 2 is 1.48 bits per heavy atom. The quantitative estimate of drug-likeness (QED) is 0.113. The lowest BCUT2D eigenvalue weighted by atomic mass is 10.0. The van der Waals surface area contributed by atoms with Crippen molar-refractivity contribution in [3.8, 4) is 11.5 Å². The van der Waals surface area contributed by atoms with Gasteiger partial charge in [-0.1, -0.05) is 60.7 Å². The van der Waals surface area contributed by atoms with Crippen molar-refractivity contribution in [2.24, 2.45) is 0 Å². The normalized spacial score (nSPS) is 12.3. The van der Waals surface area contributed by atoms with Gasteiger partial charge in [-0.3, -0.25) is 19.3 Å². The maximum Gasteiger partial charge on any atom is 0.272 e. The van der Waals surface area contributed by atoms with Crippen LogP contribution in [0.3, 0.4) is 0 Å². The van der Waals surface area contributed by atoms with Crippen LogP contribution in [0.2, 0.25) is 0 Å². The summed E-state index contributed by atoms with van der Waals surface area (Å²) in [7, 11) is 1.45. The highest BCUT2D eigenvalue weighted by atomic mass is 32.2. The van der Waals surface area contributed by atoms with Gasteiger partial charge in [-0.2, -0.15) is 0 Å². The molecule has 0 saturated carbocycles. The number of nitrogens with zero attached hydrogens (tertiary/aromatic N) is 1. The Morgan fingerprint density at radius 1 is 0.812 bits per heavy atom. The summed E-state index contributed by atoms with van der Waals surface area (Å²) in [5.41, 5.74) is 5.38. The summed E-state index contributed by atoms with van der Waals surface area (Å²) in [6.45, 7) is 0. The first-order valence-electron chi connectivity index (χ1n) is 15.4. The van der Waals surface area contributed by atoms with Gasteiger partial charge in [-0.05, 0) is 84.6 Å². The molecule has 0 aromatic heterocycles. The van der Waals surface area contributed by atoms with Crippen LogP contribution in [-0.2, 0) is 22.4 Å². The summed E-state index contributed by atoms with van der Waals surface area (Å²) >= 11 is 1.38. The van der Waals surface area contributed by atoms with E-state index in [2.05, 4.69) is 22.8 Å². The highest BCUT2D eigenvalue weighted by Gasteiger charge is 2.25. The fourth-order valence-electron chi connectivity index (χ4n) is 5.54. The molecule has 0 aliphatic carbocycles. The molecule has 0 radical (unpaired) electrons. The van der Waals surface area contributed by atoms with Crippen molar-refractivity contribution < 1.29 is 24.2 Å². The number of aryl methyl sites for hydroxylation is 2. The van der Waals surface area contributed by atoms with Crippen LogP contribution in [0, 0.1) is 0 Å². The topological polar surface area (TPSA) is 108 Å². The predicted molar refractivity (Wildman–Crippen MR) is 190 cm³/mol. The zero-order valence-electron chi connectivity index (χ0n) is 26.2. The minimum Gasteiger partial charge on any atom is -0.508 e. The number of anilines is 3. The van der Waals surface area contributed by atoms with Crippen molar-refractivity contribution in [2.75, 3.05) is 23.1 Å². The molecule has 0 saturated heterocycles. The van der Waals surface area contributed by atoms with Crippen LogP contribution >= 0.6 is 11.8 Å². The monoisotopic (exact) mass is 655 g/mol. The van der Waals surface area contributed by atoms with Crippen LogP contribution in [0.15, 0.2) is 132 Å². The summed E-state index contributed by atoms with van der Waals surface area (Å²) in [5, 5.41) is 15.5. The highest BCUT2D eigenvalue weighted by Crippen LogP contribution is 2.37. The molecule has 5 aromatic rings. The maximum absolute atomic E-state index is 13.8. The third-order valence-corrected chi connectivity index (χ3v) is 8.86. The number of thioether (sulfide) groups is 1. The number of phenolic OH excluding ortho intramolecular Hbond substituents is 1. The molecule has 6 rings (SSSR count). The Hall–Kier alpha value is -5.80. The smallest absolute Gasteiger partial charge is 0.272 e. The number of para-hydroxylation sites is 2. The Morgan fingerprint density at radius 3 is 2.17 bits per heavy atom. The second-order valence-corrected chi connectivity index (χ2v) is 12.1. The van der Waals surface area contributed by atoms with E-state index in [4.69, 9.17) is 4.74 Å². The van der Waals surface area contributed by atoms with E-state index in [1.165, 1.54) is 37.1 Å². The molecule has 1 aliphatic rings. The standard InChI is InChI=1S/C39H33N3O5S/c1-47-36-24-31(43)21-20-29(36)22-33(41-38(45)28-12-3-2-4-13-28)39(46)40-30-14-9-15-32(23-30)48-25-37(44)42-34-16-7-5-10-26(34)18-19-27-11-6-8-17-35(27)42/h2-17,20-24,43H,18-19,25H2,1H3,(H,40,46)(H,41,45)/b33-22-. The molecular weight excluding hydrogens is 623 g/mol. The minimum absolute atomic E-state index is 0.000351. The number of hydrogen-bond acceptors (Lipinski definition) is 6. The number of rotatable bonds is 9. The van der Waals surface area contributed by atoms with Crippen molar-refractivity contribution in [3.63, 3.8) is 0 Å². The van der Waals surface area contributed by atoms with Crippen molar-refractivity contribution in [3.05, 3.63) is 149 Å². The van der Waals surface area contributed by atoms with E-state index >= 15 is 0 Å². The fourth-order valence-corrected chi connectivity index (χ4v) is 6.34. The molecule has 1 heterocycles. The number of hydrogen-bond donors (Lipinski definition) is 3. The van der Waals surface area contributed by atoms with E-state index in [-0.39, 0.29) is 23.1 Å². The van der Waals surface area contributed by atoms with E-state index in [9.17, 15) is 19.5 Å². The van der Waals surface area contributed by atoms with Crippen molar-refractivity contribution in [1.82, 2.24) is 5.32 Å². The van der Waals surface area contributed by atoms with Gasteiger partial charge in [0.05, 0.1) is 24.2 Å². The predicted octanol–water partition coefficient (Wildman–Crippen LogP) is 7.37. The molecule has 0 spiro atoms. The molecule has 5 aromatic carbocycles. The summed E-state index contributed by atoms with van der Waals surface area (Å²) in [6.07, 6.45) is 3.20. The molecule has 0 bridgehead atoms. The molecular formula is C39H33N3O5S. The first kappa shape index (κ1) is 32.2. The van der Waals surface area contributed by atoms with E-state index in [0.29, 0.717) is 22.6 Å². The zero-order valence-corrected chi connectivity index (χ0v) is 27.0. The van der Waals surface area contributed by atoms with Gasteiger partial charge >= 0.3 is 0 Å². The van der Waals surface area contributed by atoms with Gasteiger partial charge in [0, 0.05) is 27.8 Å². The fraction of sp³-hybridized carbons (Fsp3) is 0.103. The van der Waals surface area contributed by atoms with Crippen molar-refractivity contribution in [1.29, 1.82) is 0 Å². The van der Waals surface area contributed by atoms with Crippen LogP contribution in [0.25, 0.3) is 6.08 Å². The Balaban J connectivity index is 1.21. The SMILES string of the molecule is COc1cc(O)ccc1/C=C(\NC(=O)c1ccccc1)C(=O)Nc1cccc(SCC(=O)N2c3ccccc3CCc3ccccc32)c1. The number of carbonyl (C=O) groups excluding carboxylic acids is 3. The van der Waals surface area contributed by atoms with Gasteiger partial charge in [0.15, 0.2) is 0 Å². The number of amides is 3. The average molecular weight is 656 g/mol. The number of nitrogens with one attached hydrogen (secondary N) is 2. The van der Waals surface area contributed by atoms with Crippen LogP contribution in [-0.4, -0.2) is 35.7 Å². The van der Waals surface area contributed by atoms with Gasteiger partial charge in [0.2, 0.25) is 5.91 Å². The lowest BCUT2D eigenvalue weighted by Gasteiger charge is -2.25. The Labute approximate surface area is 283 Å². The molecule has 48 heavy (non-hydrogen) atoms. The van der Waals surface area contributed by atoms with E-state index in [0.717, 1.165) is 40.2 Å². The third-order valence-electron chi connectivity index (χ3n) is 7.88. The van der Waals surface area contributed by atoms with E-state index in [1.807, 2.05) is 47.4 Å². The Kier molecular flexibility index (Phi) is 9.88. The molecule has 0 fully saturated rings. The second kappa shape index (κ2) is 14.7. The first-order valence-corrected chi connectivity index (χ1v) is 16.4. The Bertz CT molecular complexity index is 1960. The largest absolute Gasteiger partial charge is 0.508 e. The summed E-state index contributed by atoms with van der Waals surface area (Å²) in [5.74, 6) is -0.571. The highest BCUT2D eigenvalue weighted by molar-refractivity contribution is 8.00. The molecule has 8 nitrogen and oxygen atoms in total. The number of benzene rings is 5. The average Bonchev–Trinajstić information content (AvgIpc) is 3.28.